The Kier molecular flexibility index (Phi) is 7.26. The summed E-state index contributed by atoms with van der Waals surface area (Å²) in [5.74, 6) is 0. The highest BCUT2D eigenvalue weighted by Gasteiger charge is 2.16. The highest BCUT2D eigenvalue weighted by atomic mass is 35.5. The molecule has 0 aliphatic heterocycles. The summed E-state index contributed by atoms with van der Waals surface area (Å²) in [5, 5.41) is 10.1. The molecule has 0 aliphatic rings. The third-order valence-corrected chi connectivity index (χ3v) is 9.69. The summed E-state index contributed by atoms with van der Waals surface area (Å²) >= 11 is 8.06. The molecule has 0 bridgehead atoms. The Balaban J connectivity index is 0.000000344. The summed E-state index contributed by atoms with van der Waals surface area (Å²) in [7, 11) is 0. The molecule has 0 N–H and O–H groups in total. The topological polar surface area (TPSA) is 25.8 Å². The average molecular weight is 627 g/mol. The number of rotatable bonds is 3. The van der Waals surface area contributed by atoms with Crippen molar-refractivity contribution >= 4 is 81.6 Å². The SMILES string of the molecule is C=Cc1ccccc1.Clc1nc(-c2cccc(-c3ccc4c5ccccc5c5ccccc5c4c3)c2)c2c(n1)sc1ccccc12. The number of thiophene rings is 1. The first kappa shape index (κ1) is 28.1. The van der Waals surface area contributed by atoms with Crippen molar-refractivity contribution in [2.45, 2.75) is 0 Å². The Bertz CT molecular complexity index is 2530. The second-order valence-electron chi connectivity index (χ2n) is 11.2. The zero-order chi connectivity index (χ0) is 31.0. The zero-order valence-electron chi connectivity index (χ0n) is 24.8. The van der Waals surface area contributed by atoms with E-state index < -0.39 is 0 Å². The predicted octanol–water partition coefficient (Wildman–Crippen LogP) is 12.6. The lowest BCUT2D eigenvalue weighted by atomic mass is 9.91. The van der Waals surface area contributed by atoms with Crippen LogP contribution in [0.3, 0.4) is 0 Å². The molecule has 0 atom stereocenters. The van der Waals surface area contributed by atoms with E-state index in [2.05, 4.69) is 127 Å². The Morgan fingerprint density at radius 2 is 1.07 bits per heavy atom. The van der Waals surface area contributed by atoms with E-state index in [4.69, 9.17) is 16.6 Å². The monoisotopic (exact) mass is 626 g/mol. The van der Waals surface area contributed by atoms with E-state index >= 15 is 0 Å². The number of aromatic nitrogens is 2. The molecule has 2 aromatic heterocycles. The molecule has 46 heavy (non-hydrogen) atoms. The molecule has 0 saturated heterocycles. The van der Waals surface area contributed by atoms with Crippen LogP contribution in [0.4, 0.5) is 0 Å². The van der Waals surface area contributed by atoms with Crippen LogP contribution in [0.1, 0.15) is 5.56 Å². The highest BCUT2D eigenvalue weighted by Crippen LogP contribution is 2.41. The quantitative estimate of drug-likeness (QED) is 0.144. The van der Waals surface area contributed by atoms with Crippen LogP contribution in [0.2, 0.25) is 5.28 Å². The van der Waals surface area contributed by atoms with Crippen LogP contribution in [0, 0.1) is 0 Å². The maximum absolute atomic E-state index is 6.41. The van der Waals surface area contributed by atoms with Gasteiger partial charge in [0.1, 0.15) is 4.83 Å². The Morgan fingerprint density at radius 1 is 0.500 bits per heavy atom. The zero-order valence-corrected chi connectivity index (χ0v) is 26.4. The fourth-order valence-corrected chi connectivity index (χ4v) is 7.62. The van der Waals surface area contributed by atoms with Crippen molar-refractivity contribution in [1.29, 1.82) is 0 Å². The van der Waals surface area contributed by atoms with Gasteiger partial charge >= 0.3 is 0 Å². The van der Waals surface area contributed by atoms with Crippen molar-refractivity contribution in [2.24, 2.45) is 0 Å². The van der Waals surface area contributed by atoms with Crippen LogP contribution in [0.25, 0.3) is 81.1 Å². The summed E-state index contributed by atoms with van der Waals surface area (Å²) in [6, 6.07) is 51.2. The molecule has 4 heteroatoms. The summed E-state index contributed by atoms with van der Waals surface area (Å²) in [6.07, 6.45) is 1.83. The van der Waals surface area contributed by atoms with Gasteiger partial charge in [-0.3, -0.25) is 0 Å². The van der Waals surface area contributed by atoms with Crippen molar-refractivity contribution in [2.75, 3.05) is 0 Å². The van der Waals surface area contributed by atoms with Crippen molar-refractivity contribution in [3.63, 3.8) is 0 Å². The molecule has 0 amide bonds. The first-order chi connectivity index (χ1) is 22.7. The number of halogens is 1. The molecular formula is C42H27ClN2S. The minimum Gasteiger partial charge on any atom is -0.217 e. The summed E-state index contributed by atoms with van der Waals surface area (Å²) in [4.78, 5) is 10.2. The van der Waals surface area contributed by atoms with Crippen LogP contribution < -0.4 is 0 Å². The van der Waals surface area contributed by atoms with Gasteiger partial charge in [-0.2, -0.15) is 0 Å². The second kappa shape index (κ2) is 11.9. The van der Waals surface area contributed by atoms with E-state index in [9.17, 15) is 0 Å². The number of nitrogens with zero attached hydrogens (tertiary/aromatic N) is 2. The molecule has 0 saturated carbocycles. The molecule has 2 heterocycles. The van der Waals surface area contributed by atoms with Gasteiger partial charge in [-0.05, 0) is 78.8 Å². The Hall–Kier alpha value is -5.35. The van der Waals surface area contributed by atoms with Crippen LogP contribution in [0.15, 0.2) is 152 Å². The summed E-state index contributed by atoms with van der Waals surface area (Å²) < 4.78 is 1.19. The molecular weight excluding hydrogens is 600 g/mol. The van der Waals surface area contributed by atoms with E-state index in [0.29, 0.717) is 0 Å². The van der Waals surface area contributed by atoms with Gasteiger partial charge in [-0.1, -0.05) is 140 Å². The number of hydrogen-bond donors (Lipinski definition) is 0. The largest absolute Gasteiger partial charge is 0.224 e. The molecule has 9 rings (SSSR count). The van der Waals surface area contributed by atoms with Crippen LogP contribution in [0.5, 0.6) is 0 Å². The lowest BCUT2D eigenvalue weighted by molar-refractivity contribution is 1.24. The van der Waals surface area contributed by atoms with Gasteiger partial charge in [0.15, 0.2) is 0 Å². The van der Waals surface area contributed by atoms with Crippen molar-refractivity contribution < 1.29 is 0 Å². The van der Waals surface area contributed by atoms with Gasteiger partial charge in [0.05, 0.1) is 5.69 Å². The van der Waals surface area contributed by atoms with Gasteiger partial charge in [-0.15, -0.1) is 11.3 Å². The Labute approximate surface area is 275 Å². The molecule has 9 aromatic rings. The van der Waals surface area contributed by atoms with Crippen molar-refractivity contribution in [1.82, 2.24) is 9.97 Å². The molecule has 0 unspecified atom stereocenters. The second-order valence-corrected chi connectivity index (χ2v) is 12.5. The van der Waals surface area contributed by atoms with Crippen molar-refractivity contribution in [3.8, 4) is 22.4 Å². The van der Waals surface area contributed by atoms with E-state index in [1.165, 1.54) is 48.1 Å². The van der Waals surface area contributed by atoms with E-state index in [0.717, 1.165) is 32.4 Å². The number of benzene rings is 7. The summed E-state index contributed by atoms with van der Waals surface area (Å²) in [5.41, 5.74) is 5.39. The first-order valence-electron chi connectivity index (χ1n) is 15.1. The van der Waals surface area contributed by atoms with Crippen LogP contribution in [-0.2, 0) is 0 Å². The molecule has 0 fully saturated rings. The third-order valence-electron chi connectivity index (χ3n) is 8.46. The maximum Gasteiger partial charge on any atom is 0.224 e. The molecule has 2 nitrogen and oxygen atoms in total. The van der Waals surface area contributed by atoms with E-state index in [1.54, 1.807) is 11.3 Å². The van der Waals surface area contributed by atoms with Crippen molar-refractivity contribution in [3.05, 3.63) is 163 Å². The first-order valence-corrected chi connectivity index (χ1v) is 16.3. The molecule has 0 spiro atoms. The van der Waals surface area contributed by atoms with E-state index in [1.807, 2.05) is 36.4 Å². The highest BCUT2D eigenvalue weighted by molar-refractivity contribution is 7.25. The minimum absolute atomic E-state index is 0.272. The molecule has 0 radical (unpaired) electrons. The van der Waals surface area contributed by atoms with Gasteiger partial charge < -0.3 is 0 Å². The standard InChI is InChI=1S/C34H19ClN2S.C8H8/c35-34-36-32(31-28-14-5-6-15-30(28)38-33(31)37-34)22-9-7-8-20(18-22)21-16-17-27-25-12-2-1-10-23(25)24-11-3-4-13-26(24)29(27)19-21;1-2-8-6-4-3-5-7-8/h1-19H;2-7H,1H2. The predicted molar refractivity (Wildman–Crippen MR) is 200 cm³/mol. The normalized spacial score (nSPS) is 11.2. The molecule has 7 aromatic carbocycles. The van der Waals surface area contributed by atoms with Gasteiger partial charge in [-0.25, -0.2) is 9.97 Å². The lowest BCUT2D eigenvalue weighted by Gasteiger charge is -2.12. The van der Waals surface area contributed by atoms with Crippen LogP contribution >= 0.6 is 22.9 Å². The molecule has 0 aliphatic carbocycles. The Morgan fingerprint density at radius 3 is 1.74 bits per heavy atom. The molecule has 218 valence electrons. The maximum atomic E-state index is 6.41. The average Bonchev–Trinajstić information content (AvgIpc) is 3.50. The smallest absolute Gasteiger partial charge is 0.217 e. The third kappa shape index (κ3) is 5.00. The van der Waals surface area contributed by atoms with E-state index in [-0.39, 0.29) is 5.28 Å². The minimum atomic E-state index is 0.272. The lowest BCUT2D eigenvalue weighted by Crippen LogP contribution is -1.90. The van der Waals surface area contributed by atoms with Gasteiger partial charge in [0, 0.05) is 21.0 Å². The fraction of sp³-hybridized carbons (Fsp3) is 0. The fourth-order valence-electron chi connectivity index (χ4n) is 6.33. The van der Waals surface area contributed by atoms with Gasteiger partial charge in [0.2, 0.25) is 5.28 Å². The number of fused-ring (bicyclic) bond motifs is 9. The van der Waals surface area contributed by atoms with Crippen LogP contribution in [-0.4, -0.2) is 9.97 Å². The number of hydrogen-bond acceptors (Lipinski definition) is 3. The van der Waals surface area contributed by atoms with Gasteiger partial charge in [0.25, 0.3) is 0 Å². The summed E-state index contributed by atoms with van der Waals surface area (Å²) in [6.45, 7) is 3.63.